The highest BCUT2D eigenvalue weighted by Crippen LogP contribution is 2.23. The lowest BCUT2D eigenvalue weighted by atomic mass is 10.2. The first kappa shape index (κ1) is 12.3. The van der Waals surface area contributed by atoms with Crippen molar-refractivity contribution in [3.63, 3.8) is 0 Å². The first-order valence-electron chi connectivity index (χ1n) is 5.78. The smallest absolute Gasteiger partial charge is 0.134 e. The summed E-state index contributed by atoms with van der Waals surface area (Å²) in [4.78, 5) is 0. The summed E-state index contributed by atoms with van der Waals surface area (Å²) >= 11 is 1.92. The van der Waals surface area contributed by atoms with Crippen LogP contribution in [0.1, 0.15) is 12.7 Å². The van der Waals surface area contributed by atoms with Crippen LogP contribution in [0, 0.1) is 0 Å². The molecule has 0 aliphatic heterocycles. The number of nitrogens with one attached hydrogen (secondary N) is 1. The van der Waals surface area contributed by atoms with Crippen molar-refractivity contribution in [1.82, 2.24) is 0 Å². The summed E-state index contributed by atoms with van der Waals surface area (Å²) in [5, 5.41) is 13.4. The van der Waals surface area contributed by atoms with Crippen LogP contribution in [-0.4, -0.2) is 23.2 Å². The number of furan rings is 1. The Hall–Kier alpha value is -1.13. The Balaban J connectivity index is 2.03. The van der Waals surface area contributed by atoms with E-state index in [4.69, 9.17) is 9.52 Å². The molecule has 0 amide bonds. The van der Waals surface area contributed by atoms with Gasteiger partial charge in [0.2, 0.25) is 0 Å². The van der Waals surface area contributed by atoms with Crippen molar-refractivity contribution in [2.45, 2.75) is 13.5 Å². The zero-order valence-electron chi connectivity index (χ0n) is 9.90. The van der Waals surface area contributed by atoms with Gasteiger partial charge in [0.15, 0.2) is 0 Å². The van der Waals surface area contributed by atoms with E-state index in [2.05, 4.69) is 18.3 Å². The van der Waals surface area contributed by atoms with Crippen LogP contribution in [0.2, 0.25) is 0 Å². The number of hydrogen-bond acceptors (Lipinski definition) is 4. The Morgan fingerprint density at radius 2 is 2.24 bits per heavy atom. The fourth-order valence-electron chi connectivity index (χ4n) is 1.70. The maximum atomic E-state index is 9.00. The van der Waals surface area contributed by atoms with Gasteiger partial charge in [-0.05, 0) is 30.0 Å². The van der Waals surface area contributed by atoms with Gasteiger partial charge in [0, 0.05) is 23.4 Å². The molecule has 2 N–H and O–H groups in total. The van der Waals surface area contributed by atoms with Gasteiger partial charge in [0.25, 0.3) is 0 Å². The van der Waals surface area contributed by atoms with E-state index in [1.807, 2.05) is 30.0 Å². The van der Waals surface area contributed by atoms with Gasteiger partial charge in [-0.25, -0.2) is 0 Å². The van der Waals surface area contributed by atoms with E-state index >= 15 is 0 Å². The molecule has 2 rings (SSSR count). The molecule has 1 aromatic carbocycles. The van der Waals surface area contributed by atoms with Crippen LogP contribution in [0.3, 0.4) is 0 Å². The van der Waals surface area contributed by atoms with Gasteiger partial charge >= 0.3 is 0 Å². The molecular formula is C13H17NO2S. The van der Waals surface area contributed by atoms with Gasteiger partial charge in [-0.1, -0.05) is 6.92 Å². The van der Waals surface area contributed by atoms with Crippen molar-refractivity contribution in [2.24, 2.45) is 0 Å². The summed E-state index contributed by atoms with van der Waals surface area (Å²) in [6.45, 7) is 3.08. The lowest BCUT2D eigenvalue weighted by Gasteiger charge is -2.05. The molecule has 92 valence electrons. The molecule has 1 heterocycles. The monoisotopic (exact) mass is 251 g/mol. The number of rotatable bonds is 6. The van der Waals surface area contributed by atoms with E-state index in [9.17, 15) is 0 Å². The van der Waals surface area contributed by atoms with Crippen molar-refractivity contribution < 1.29 is 9.52 Å². The maximum Gasteiger partial charge on any atom is 0.134 e. The van der Waals surface area contributed by atoms with Gasteiger partial charge in [0.05, 0.1) is 0 Å². The molecule has 0 unspecified atom stereocenters. The summed E-state index contributed by atoms with van der Waals surface area (Å²) in [7, 11) is 0. The van der Waals surface area contributed by atoms with Gasteiger partial charge < -0.3 is 14.8 Å². The molecule has 3 nitrogen and oxygen atoms in total. The first-order valence-corrected chi connectivity index (χ1v) is 6.94. The van der Waals surface area contributed by atoms with Crippen LogP contribution in [0.15, 0.2) is 28.7 Å². The molecule has 0 saturated heterocycles. The van der Waals surface area contributed by atoms with E-state index in [0.717, 1.165) is 34.7 Å². The van der Waals surface area contributed by atoms with E-state index in [1.165, 1.54) is 0 Å². The second-order valence-corrected chi connectivity index (χ2v) is 5.14. The van der Waals surface area contributed by atoms with Crippen molar-refractivity contribution in [3.05, 3.63) is 30.0 Å². The predicted octanol–water partition coefficient (Wildman–Crippen LogP) is 3.09. The second-order valence-electron chi connectivity index (χ2n) is 3.75. The molecule has 1 aromatic heterocycles. The highest BCUT2D eigenvalue weighted by molar-refractivity contribution is 7.99. The summed E-state index contributed by atoms with van der Waals surface area (Å²) in [6.07, 6.45) is 0. The highest BCUT2D eigenvalue weighted by atomic mass is 32.2. The normalized spacial score (nSPS) is 10.9. The number of fused-ring (bicyclic) bond motifs is 1. The molecular weight excluding hydrogens is 234 g/mol. The van der Waals surface area contributed by atoms with E-state index in [1.54, 1.807) is 0 Å². The first-order chi connectivity index (χ1) is 8.33. The molecule has 2 aromatic rings. The maximum absolute atomic E-state index is 9.00. The molecule has 0 fully saturated rings. The SMILES string of the molecule is CCSCCNc1ccc2oc(CO)cc2c1. The van der Waals surface area contributed by atoms with Crippen LogP contribution in [0.4, 0.5) is 5.69 Å². The molecule has 0 aliphatic rings. The average molecular weight is 251 g/mol. The molecule has 0 saturated carbocycles. The average Bonchev–Trinajstić information content (AvgIpc) is 2.77. The largest absolute Gasteiger partial charge is 0.459 e. The van der Waals surface area contributed by atoms with Crippen molar-refractivity contribution in [2.75, 3.05) is 23.4 Å². The summed E-state index contributed by atoms with van der Waals surface area (Å²) in [5.41, 5.74) is 1.92. The number of aliphatic hydroxyl groups excluding tert-OH is 1. The summed E-state index contributed by atoms with van der Waals surface area (Å²) in [6, 6.07) is 7.86. The van der Waals surface area contributed by atoms with Gasteiger partial charge in [0.1, 0.15) is 18.0 Å². The van der Waals surface area contributed by atoms with E-state index < -0.39 is 0 Å². The third-order valence-electron chi connectivity index (χ3n) is 2.50. The van der Waals surface area contributed by atoms with Gasteiger partial charge in [-0.3, -0.25) is 0 Å². The Kier molecular flexibility index (Phi) is 4.34. The quantitative estimate of drug-likeness (QED) is 0.774. The molecule has 0 radical (unpaired) electrons. The Labute approximate surface area is 105 Å². The topological polar surface area (TPSA) is 45.4 Å². The van der Waals surface area contributed by atoms with Crippen molar-refractivity contribution >= 4 is 28.4 Å². The minimum atomic E-state index is -0.0510. The highest BCUT2D eigenvalue weighted by Gasteiger charge is 2.03. The summed E-state index contributed by atoms with van der Waals surface area (Å²) < 4.78 is 5.43. The zero-order valence-corrected chi connectivity index (χ0v) is 10.7. The Morgan fingerprint density at radius 1 is 1.35 bits per heavy atom. The Bertz CT molecular complexity index is 481. The molecule has 4 heteroatoms. The third kappa shape index (κ3) is 3.17. The second kappa shape index (κ2) is 5.98. The summed E-state index contributed by atoms with van der Waals surface area (Å²) in [5.74, 6) is 2.88. The lowest BCUT2D eigenvalue weighted by Crippen LogP contribution is -2.03. The van der Waals surface area contributed by atoms with Gasteiger partial charge in [-0.15, -0.1) is 0 Å². The third-order valence-corrected chi connectivity index (χ3v) is 3.40. The van der Waals surface area contributed by atoms with E-state index in [0.29, 0.717) is 5.76 Å². The van der Waals surface area contributed by atoms with Crippen LogP contribution in [-0.2, 0) is 6.61 Å². The van der Waals surface area contributed by atoms with Gasteiger partial charge in [-0.2, -0.15) is 11.8 Å². The van der Waals surface area contributed by atoms with Crippen LogP contribution in [0.5, 0.6) is 0 Å². The standard InChI is InChI=1S/C13H17NO2S/c1-2-17-6-5-14-11-3-4-13-10(7-11)8-12(9-15)16-13/h3-4,7-8,14-15H,2,5-6,9H2,1H3. The molecule has 0 aliphatic carbocycles. The lowest BCUT2D eigenvalue weighted by molar-refractivity contribution is 0.251. The molecule has 17 heavy (non-hydrogen) atoms. The molecule has 0 bridgehead atoms. The van der Waals surface area contributed by atoms with Crippen molar-refractivity contribution in [3.8, 4) is 0 Å². The number of thioether (sulfide) groups is 1. The van der Waals surface area contributed by atoms with Crippen LogP contribution < -0.4 is 5.32 Å². The number of hydrogen-bond donors (Lipinski definition) is 2. The van der Waals surface area contributed by atoms with E-state index in [-0.39, 0.29) is 6.61 Å². The fraction of sp³-hybridized carbons (Fsp3) is 0.385. The zero-order chi connectivity index (χ0) is 12.1. The minimum Gasteiger partial charge on any atom is -0.459 e. The minimum absolute atomic E-state index is 0.0510. The number of benzene rings is 1. The van der Waals surface area contributed by atoms with Crippen LogP contribution >= 0.6 is 11.8 Å². The Morgan fingerprint density at radius 3 is 3.00 bits per heavy atom. The number of aliphatic hydroxyl groups is 1. The van der Waals surface area contributed by atoms with Crippen molar-refractivity contribution in [1.29, 1.82) is 0 Å². The van der Waals surface area contributed by atoms with Crippen LogP contribution in [0.25, 0.3) is 11.0 Å². The fourth-order valence-corrected chi connectivity index (χ4v) is 2.23. The number of anilines is 1. The predicted molar refractivity (Wildman–Crippen MR) is 73.6 cm³/mol. The molecule has 0 atom stereocenters. The molecule has 0 spiro atoms.